The second-order valence-electron chi connectivity index (χ2n) is 6.10. The van der Waals surface area contributed by atoms with Crippen LogP contribution in [0.1, 0.15) is 52.1 Å². The van der Waals surface area contributed by atoms with Gasteiger partial charge >= 0.3 is 0 Å². The van der Waals surface area contributed by atoms with E-state index >= 15 is 0 Å². The van der Waals surface area contributed by atoms with Crippen LogP contribution in [0.2, 0.25) is 0 Å². The summed E-state index contributed by atoms with van der Waals surface area (Å²) in [6.07, 6.45) is 7.53. The molecule has 2 aromatic rings. The van der Waals surface area contributed by atoms with Gasteiger partial charge in [-0.2, -0.15) is 0 Å². The van der Waals surface area contributed by atoms with E-state index in [1.54, 1.807) is 11.3 Å². The highest BCUT2D eigenvalue weighted by Gasteiger charge is 2.24. The highest BCUT2D eigenvalue weighted by atomic mass is 32.1. The van der Waals surface area contributed by atoms with E-state index in [1.165, 1.54) is 0 Å². The minimum absolute atomic E-state index is 0.513. The number of imidazole rings is 1. The Kier molecular flexibility index (Phi) is 7.05. The molecule has 0 aliphatic heterocycles. The lowest BCUT2D eigenvalue weighted by molar-refractivity contribution is 0.0257. The minimum Gasteiger partial charge on any atom is -0.388 e. The molecule has 134 valence electrons. The van der Waals surface area contributed by atoms with Crippen molar-refractivity contribution in [2.45, 2.75) is 58.6 Å². The molecule has 0 spiro atoms. The van der Waals surface area contributed by atoms with Crippen molar-refractivity contribution >= 4 is 22.3 Å². The average Bonchev–Trinajstić information content (AvgIpc) is 3.12. The molecule has 2 heterocycles. The first-order chi connectivity index (χ1) is 11.6. The van der Waals surface area contributed by atoms with Crippen LogP contribution < -0.4 is 10.6 Å². The normalized spacial score (nSPS) is 12.8. The molecule has 0 aromatic carbocycles. The van der Waals surface area contributed by atoms with Crippen molar-refractivity contribution in [1.82, 2.24) is 20.0 Å². The van der Waals surface area contributed by atoms with Crippen molar-refractivity contribution in [2.24, 2.45) is 4.99 Å². The van der Waals surface area contributed by atoms with Crippen molar-refractivity contribution in [3.05, 3.63) is 23.5 Å². The van der Waals surface area contributed by atoms with Crippen LogP contribution in [0.3, 0.4) is 0 Å². The highest BCUT2D eigenvalue weighted by Crippen LogP contribution is 2.18. The average molecular weight is 352 g/mol. The number of rotatable bonds is 9. The van der Waals surface area contributed by atoms with E-state index in [2.05, 4.69) is 34.5 Å². The first kappa shape index (κ1) is 18.7. The Morgan fingerprint density at radius 3 is 2.67 bits per heavy atom. The summed E-state index contributed by atoms with van der Waals surface area (Å²) < 4.78 is 2.01. The molecule has 3 N–H and O–H groups in total. The predicted octanol–water partition coefficient (Wildman–Crippen LogP) is 2.78. The van der Waals surface area contributed by atoms with E-state index in [0.717, 1.165) is 48.8 Å². The maximum Gasteiger partial charge on any atom is 0.193 e. The van der Waals surface area contributed by atoms with Gasteiger partial charge in [0, 0.05) is 30.9 Å². The number of aliphatic hydroxyl groups is 1. The third-order valence-electron chi connectivity index (χ3n) is 3.90. The van der Waals surface area contributed by atoms with Crippen LogP contribution in [0.25, 0.3) is 4.96 Å². The van der Waals surface area contributed by atoms with Gasteiger partial charge in [0.2, 0.25) is 0 Å². The third-order valence-corrected chi connectivity index (χ3v) is 4.67. The minimum atomic E-state index is -0.670. The number of guanidine groups is 1. The van der Waals surface area contributed by atoms with Crippen molar-refractivity contribution in [3.8, 4) is 0 Å². The van der Waals surface area contributed by atoms with Crippen molar-refractivity contribution in [2.75, 3.05) is 13.1 Å². The summed E-state index contributed by atoms with van der Waals surface area (Å²) in [4.78, 5) is 10.1. The summed E-state index contributed by atoms with van der Waals surface area (Å²) in [6, 6.07) is 0. The first-order valence-electron chi connectivity index (χ1n) is 8.76. The second kappa shape index (κ2) is 9.03. The molecule has 0 aliphatic rings. The zero-order chi connectivity index (χ0) is 17.4. The molecule has 0 aliphatic carbocycles. The van der Waals surface area contributed by atoms with Crippen LogP contribution in [0.4, 0.5) is 0 Å². The quantitative estimate of drug-likeness (QED) is 0.480. The largest absolute Gasteiger partial charge is 0.388 e. The highest BCUT2D eigenvalue weighted by molar-refractivity contribution is 7.15. The fourth-order valence-corrected chi connectivity index (χ4v) is 3.55. The standard InChI is InChI=1S/C17H29N5OS/c1-4-7-17(23,8-5-2)13-20-15(18-6-3)19-11-14-12-22-9-10-24-16(22)21-14/h9-10,12,23H,4-8,11,13H2,1-3H3,(H2,18,19,20). The number of fused-ring (bicyclic) bond motifs is 1. The fraction of sp³-hybridized carbons (Fsp3) is 0.647. The number of thiazole rings is 1. The van der Waals surface area contributed by atoms with E-state index in [-0.39, 0.29) is 0 Å². The van der Waals surface area contributed by atoms with Gasteiger partial charge in [0.15, 0.2) is 10.9 Å². The van der Waals surface area contributed by atoms with E-state index in [0.29, 0.717) is 13.1 Å². The number of nitrogens with one attached hydrogen (secondary N) is 2. The summed E-state index contributed by atoms with van der Waals surface area (Å²) in [5.41, 5.74) is 0.271. The molecule has 24 heavy (non-hydrogen) atoms. The maximum atomic E-state index is 10.7. The Bertz CT molecular complexity index is 614. The number of aromatic nitrogens is 2. The number of aliphatic imine (C=N–C) groups is 1. The monoisotopic (exact) mass is 351 g/mol. The molecule has 2 aromatic heterocycles. The molecule has 0 unspecified atom stereocenters. The summed E-state index contributed by atoms with van der Waals surface area (Å²) in [7, 11) is 0. The Hall–Kier alpha value is -1.60. The lowest BCUT2D eigenvalue weighted by Crippen LogP contribution is -2.47. The van der Waals surface area contributed by atoms with Crippen LogP contribution in [0, 0.1) is 0 Å². The van der Waals surface area contributed by atoms with Gasteiger partial charge in [-0.3, -0.25) is 4.40 Å². The smallest absolute Gasteiger partial charge is 0.193 e. The van der Waals surface area contributed by atoms with Gasteiger partial charge in [-0.15, -0.1) is 11.3 Å². The van der Waals surface area contributed by atoms with Crippen molar-refractivity contribution in [1.29, 1.82) is 0 Å². The molecule has 6 nitrogen and oxygen atoms in total. The van der Waals surface area contributed by atoms with Crippen LogP contribution in [-0.2, 0) is 6.54 Å². The van der Waals surface area contributed by atoms with E-state index in [1.807, 2.05) is 29.1 Å². The Labute approximate surface area is 148 Å². The maximum absolute atomic E-state index is 10.7. The molecular weight excluding hydrogens is 322 g/mol. The molecule has 0 bridgehead atoms. The van der Waals surface area contributed by atoms with Crippen LogP contribution in [-0.4, -0.2) is 39.1 Å². The van der Waals surface area contributed by atoms with Gasteiger partial charge in [0.1, 0.15) is 0 Å². The number of hydrogen-bond donors (Lipinski definition) is 3. The van der Waals surface area contributed by atoms with E-state index < -0.39 is 5.60 Å². The molecule has 0 saturated carbocycles. The predicted molar refractivity (Wildman–Crippen MR) is 101 cm³/mol. The van der Waals surface area contributed by atoms with Crippen molar-refractivity contribution in [3.63, 3.8) is 0 Å². The second-order valence-corrected chi connectivity index (χ2v) is 6.97. The first-order valence-corrected chi connectivity index (χ1v) is 9.63. The van der Waals surface area contributed by atoms with Gasteiger partial charge in [-0.05, 0) is 19.8 Å². The van der Waals surface area contributed by atoms with E-state index in [4.69, 9.17) is 0 Å². The number of nitrogens with zero attached hydrogens (tertiary/aromatic N) is 3. The molecule has 0 amide bonds. The summed E-state index contributed by atoms with van der Waals surface area (Å²) in [5.74, 6) is 0.722. The number of hydrogen-bond acceptors (Lipinski definition) is 4. The molecule has 7 heteroatoms. The lowest BCUT2D eigenvalue weighted by atomic mass is 9.93. The Morgan fingerprint density at radius 2 is 2.04 bits per heavy atom. The molecule has 0 saturated heterocycles. The van der Waals surface area contributed by atoms with Gasteiger partial charge < -0.3 is 15.7 Å². The fourth-order valence-electron chi connectivity index (χ4n) is 2.83. The van der Waals surface area contributed by atoms with Gasteiger partial charge in [0.25, 0.3) is 0 Å². The van der Waals surface area contributed by atoms with Crippen molar-refractivity contribution < 1.29 is 5.11 Å². The third kappa shape index (κ3) is 5.21. The SMILES string of the molecule is CCCC(O)(CCC)CNC(=NCc1cn2ccsc2n1)NCC. The molecule has 0 fully saturated rings. The van der Waals surface area contributed by atoms with Gasteiger partial charge in [-0.1, -0.05) is 26.7 Å². The molecular formula is C17H29N5OS. The topological polar surface area (TPSA) is 74.0 Å². The van der Waals surface area contributed by atoms with Gasteiger partial charge in [0.05, 0.1) is 17.8 Å². The van der Waals surface area contributed by atoms with Crippen LogP contribution in [0.15, 0.2) is 22.8 Å². The van der Waals surface area contributed by atoms with Crippen LogP contribution in [0.5, 0.6) is 0 Å². The van der Waals surface area contributed by atoms with E-state index in [9.17, 15) is 5.11 Å². The molecule has 0 atom stereocenters. The zero-order valence-electron chi connectivity index (χ0n) is 14.9. The summed E-state index contributed by atoms with van der Waals surface area (Å²) >= 11 is 1.62. The summed E-state index contributed by atoms with van der Waals surface area (Å²) in [5, 5.41) is 19.3. The molecule has 2 rings (SSSR count). The Morgan fingerprint density at radius 1 is 1.29 bits per heavy atom. The van der Waals surface area contributed by atoms with Gasteiger partial charge in [-0.25, -0.2) is 9.98 Å². The summed E-state index contributed by atoms with van der Waals surface area (Å²) in [6.45, 7) is 8.05. The van der Waals surface area contributed by atoms with Crippen LogP contribution >= 0.6 is 11.3 Å². The lowest BCUT2D eigenvalue weighted by Gasteiger charge is -2.28. The molecule has 0 radical (unpaired) electrons. The zero-order valence-corrected chi connectivity index (χ0v) is 15.7. The Balaban J connectivity index is 1.97.